The normalized spacial score (nSPS) is 17.6. The van der Waals surface area contributed by atoms with Crippen molar-refractivity contribution in [2.24, 2.45) is 5.92 Å². The van der Waals surface area contributed by atoms with Crippen LogP contribution in [0.5, 0.6) is 0 Å². The van der Waals surface area contributed by atoms with Gasteiger partial charge in [-0.15, -0.1) is 0 Å². The summed E-state index contributed by atoms with van der Waals surface area (Å²) in [5.74, 6) is 0.928. The molecule has 0 amide bonds. The summed E-state index contributed by atoms with van der Waals surface area (Å²) in [6.45, 7) is 10.3. The molecule has 1 N–H and O–H groups in total. The maximum atomic E-state index is 5.97. The van der Waals surface area contributed by atoms with Crippen LogP contribution in [0.25, 0.3) is 0 Å². The van der Waals surface area contributed by atoms with Gasteiger partial charge in [-0.05, 0) is 81.5 Å². The van der Waals surface area contributed by atoms with E-state index in [9.17, 15) is 0 Å². The van der Waals surface area contributed by atoms with Crippen LogP contribution in [-0.4, -0.2) is 31.1 Å². The predicted octanol–water partition coefficient (Wildman–Crippen LogP) is 3.86. The molecule has 0 aliphatic carbocycles. The third-order valence-electron chi connectivity index (χ3n) is 4.32. The van der Waals surface area contributed by atoms with Gasteiger partial charge in [-0.25, -0.2) is 0 Å². The van der Waals surface area contributed by atoms with Gasteiger partial charge < -0.3 is 10.2 Å². The van der Waals surface area contributed by atoms with Crippen molar-refractivity contribution >= 4 is 11.6 Å². The Morgan fingerprint density at radius 2 is 2.05 bits per heavy atom. The first kappa shape index (κ1) is 15.8. The topological polar surface area (TPSA) is 15.3 Å². The summed E-state index contributed by atoms with van der Waals surface area (Å²) in [7, 11) is 0. The number of likely N-dealkylation sites (tertiary alicyclic amines) is 1. The maximum Gasteiger partial charge on any atom is 0.0408 e. The number of nitrogens with zero attached hydrogens (tertiary/aromatic N) is 1. The molecule has 0 spiro atoms. The van der Waals surface area contributed by atoms with E-state index in [0.29, 0.717) is 0 Å². The van der Waals surface area contributed by atoms with Crippen LogP contribution in [0.3, 0.4) is 0 Å². The summed E-state index contributed by atoms with van der Waals surface area (Å²) >= 11 is 5.97. The van der Waals surface area contributed by atoms with E-state index in [1.807, 2.05) is 12.1 Å². The van der Waals surface area contributed by atoms with E-state index >= 15 is 0 Å². The molecule has 1 saturated heterocycles. The minimum Gasteiger partial charge on any atom is -0.313 e. The Morgan fingerprint density at radius 3 is 2.75 bits per heavy atom. The number of aryl methyl sites for hydroxylation is 1. The lowest BCUT2D eigenvalue weighted by atomic mass is 9.99. The minimum absolute atomic E-state index is 0.825. The monoisotopic (exact) mass is 294 g/mol. The van der Waals surface area contributed by atoms with Crippen LogP contribution in [0.15, 0.2) is 18.2 Å². The Hall–Kier alpha value is -0.570. The van der Waals surface area contributed by atoms with Gasteiger partial charge in [-0.3, -0.25) is 0 Å². The highest BCUT2D eigenvalue weighted by Gasteiger charge is 2.14. The SMILES string of the molecule is Cc1cc(Cl)ccc1CNCCCN1CCC(C)CC1. The van der Waals surface area contributed by atoms with E-state index in [4.69, 9.17) is 11.6 Å². The molecule has 0 bridgehead atoms. The molecule has 0 atom stereocenters. The smallest absolute Gasteiger partial charge is 0.0408 e. The highest BCUT2D eigenvalue weighted by Crippen LogP contribution is 2.16. The van der Waals surface area contributed by atoms with Gasteiger partial charge in [0.2, 0.25) is 0 Å². The van der Waals surface area contributed by atoms with Crippen LogP contribution in [-0.2, 0) is 6.54 Å². The summed E-state index contributed by atoms with van der Waals surface area (Å²) in [6, 6.07) is 6.13. The van der Waals surface area contributed by atoms with E-state index in [2.05, 4.69) is 30.1 Å². The van der Waals surface area contributed by atoms with E-state index in [1.165, 1.54) is 50.0 Å². The van der Waals surface area contributed by atoms with Gasteiger partial charge in [0.15, 0.2) is 0 Å². The third-order valence-corrected chi connectivity index (χ3v) is 4.56. The quantitative estimate of drug-likeness (QED) is 0.802. The van der Waals surface area contributed by atoms with Gasteiger partial charge in [-0.2, -0.15) is 0 Å². The van der Waals surface area contributed by atoms with E-state index in [0.717, 1.165) is 24.0 Å². The predicted molar refractivity (Wildman–Crippen MR) is 87.4 cm³/mol. The summed E-state index contributed by atoms with van der Waals surface area (Å²) in [5.41, 5.74) is 2.62. The Balaban J connectivity index is 1.59. The first-order chi connectivity index (χ1) is 9.65. The van der Waals surface area contributed by atoms with Crippen LogP contribution in [0.1, 0.15) is 37.3 Å². The number of hydrogen-bond donors (Lipinski definition) is 1. The summed E-state index contributed by atoms with van der Waals surface area (Å²) in [5, 5.41) is 4.37. The molecule has 112 valence electrons. The van der Waals surface area contributed by atoms with E-state index in [1.54, 1.807) is 0 Å². The molecule has 0 aromatic heterocycles. The molecule has 1 aromatic carbocycles. The fourth-order valence-electron chi connectivity index (χ4n) is 2.79. The Morgan fingerprint density at radius 1 is 1.30 bits per heavy atom. The van der Waals surface area contributed by atoms with Crippen LogP contribution < -0.4 is 5.32 Å². The van der Waals surface area contributed by atoms with Gasteiger partial charge in [0.05, 0.1) is 0 Å². The molecule has 0 radical (unpaired) electrons. The first-order valence-corrected chi connectivity index (χ1v) is 8.21. The van der Waals surface area contributed by atoms with Crippen LogP contribution >= 0.6 is 11.6 Å². The van der Waals surface area contributed by atoms with Crippen LogP contribution in [0.4, 0.5) is 0 Å². The average molecular weight is 295 g/mol. The Bertz CT molecular complexity index is 411. The van der Waals surface area contributed by atoms with Gasteiger partial charge in [0, 0.05) is 11.6 Å². The molecule has 0 saturated carbocycles. The Kier molecular flexibility index (Phi) is 6.34. The highest BCUT2D eigenvalue weighted by atomic mass is 35.5. The van der Waals surface area contributed by atoms with Crippen LogP contribution in [0, 0.1) is 12.8 Å². The Labute approximate surface area is 128 Å². The molecule has 20 heavy (non-hydrogen) atoms. The summed E-state index contributed by atoms with van der Waals surface area (Å²) in [6.07, 6.45) is 3.98. The molecule has 1 aromatic rings. The maximum absolute atomic E-state index is 5.97. The number of piperidine rings is 1. The molecule has 0 unspecified atom stereocenters. The fourth-order valence-corrected chi connectivity index (χ4v) is 3.02. The minimum atomic E-state index is 0.825. The average Bonchev–Trinajstić information content (AvgIpc) is 2.42. The molecule has 1 fully saturated rings. The second-order valence-corrected chi connectivity index (χ2v) is 6.56. The molecule has 1 heterocycles. The number of rotatable bonds is 6. The zero-order valence-corrected chi connectivity index (χ0v) is 13.5. The van der Waals surface area contributed by atoms with Crippen molar-refractivity contribution < 1.29 is 0 Å². The number of hydrogen-bond acceptors (Lipinski definition) is 2. The highest BCUT2D eigenvalue weighted by molar-refractivity contribution is 6.30. The number of halogens is 1. The molecule has 2 nitrogen and oxygen atoms in total. The van der Waals surface area contributed by atoms with Gasteiger partial charge in [-0.1, -0.05) is 24.6 Å². The van der Waals surface area contributed by atoms with Gasteiger partial charge in [0.25, 0.3) is 0 Å². The second-order valence-electron chi connectivity index (χ2n) is 6.13. The third kappa shape index (κ3) is 5.08. The van der Waals surface area contributed by atoms with Crippen molar-refractivity contribution in [3.8, 4) is 0 Å². The van der Waals surface area contributed by atoms with Gasteiger partial charge >= 0.3 is 0 Å². The zero-order valence-electron chi connectivity index (χ0n) is 12.8. The number of nitrogens with one attached hydrogen (secondary N) is 1. The first-order valence-electron chi connectivity index (χ1n) is 7.83. The lowest BCUT2D eigenvalue weighted by molar-refractivity contribution is 0.190. The lowest BCUT2D eigenvalue weighted by Crippen LogP contribution is -2.34. The van der Waals surface area contributed by atoms with E-state index in [-0.39, 0.29) is 0 Å². The van der Waals surface area contributed by atoms with Crippen LogP contribution in [0.2, 0.25) is 5.02 Å². The molecule has 3 heteroatoms. The number of benzene rings is 1. The summed E-state index contributed by atoms with van der Waals surface area (Å²) < 4.78 is 0. The zero-order chi connectivity index (χ0) is 14.4. The lowest BCUT2D eigenvalue weighted by Gasteiger charge is -2.30. The fraction of sp³-hybridized carbons (Fsp3) is 0.647. The standard InChI is InChI=1S/C17H27ClN2/c1-14-6-10-20(11-7-14)9-3-8-19-13-16-4-5-17(18)12-15(16)2/h4-5,12,14,19H,3,6-11,13H2,1-2H3. The molecular weight excluding hydrogens is 268 g/mol. The van der Waals surface area contributed by atoms with Crippen molar-refractivity contribution in [3.63, 3.8) is 0 Å². The largest absolute Gasteiger partial charge is 0.313 e. The van der Waals surface area contributed by atoms with Gasteiger partial charge in [0.1, 0.15) is 0 Å². The van der Waals surface area contributed by atoms with Crippen molar-refractivity contribution in [2.75, 3.05) is 26.2 Å². The molecule has 2 rings (SSSR count). The van der Waals surface area contributed by atoms with Crippen molar-refractivity contribution in [2.45, 2.75) is 39.7 Å². The van der Waals surface area contributed by atoms with Crippen molar-refractivity contribution in [3.05, 3.63) is 34.3 Å². The van der Waals surface area contributed by atoms with E-state index < -0.39 is 0 Å². The van der Waals surface area contributed by atoms with Crippen molar-refractivity contribution in [1.82, 2.24) is 10.2 Å². The van der Waals surface area contributed by atoms with Crippen molar-refractivity contribution in [1.29, 1.82) is 0 Å². The second kappa shape index (κ2) is 8.02. The molecule has 1 aliphatic rings. The molecule has 1 aliphatic heterocycles. The summed E-state index contributed by atoms with van der Waals surface area (Å²) in [4.78, 5) is 2.61. The molecular formula is C17H27ClN2.